The highest BCUT2D eigenvalue weighted by molar-refractivity contribution is 5.78. The van der Waals surface area contributed by atoms with E-state index in [-0.39, 0.29) is 31.8 Å². The van der Waals surface area contributed by atoms with E-state index >= 15 is 0 Å². The van der Waals surface area contributed by atoms with Crippen LogP contribution in [0.1, 0.15) is 32.1 Å². The van der Waals surface area contributed by atoms with Crippen LogP contribution in [-0.4, -0.2) is 54.1 Å². The molecule has 7 heteroatoms. The van der Waals surface area contributed by atoms with Crippen LogP contribution in [0, 0.1) is 0 Å². The van der Waals surface area contributed by atoms with Gasteiger partial charge in [0, 0.05) is 32.6 Å². The maximum Gasteiger partial charge on any atom is 0.314 e. The number of carbonyl (C=O) groups is 3. The van der Waals surface area contributed by atoms with E-state index in [9.17, 15) is 14.4 Å². The third kappa shape index (κ3) is 6.64. The molecule has 1 heterocycles. The van der Waals surface area contributed by atoms with Crippen molar-refractivity contribution in [1.82, 2.24) is 15.5 Å². The van der Waals surface area contributed by atoms with Crippen molar-refractivity contribution in [2.75, 3.05) is 26.2 Å². The van der Waals surface area contributed by atoms with Crippen LogP contribution in [0.3, 0.4) is 0 Å². The molecule has 0 spiro atoms. The predicted molar refractivity (Wildman–Crippen MR) is 68.7 cm³/mol. The number of carbonyl (C=O) groups excluding carboxylic acids is 2. The number of piperidine rings is 1. The minimum absolute atomic E-state index is 0.0607. The van der Waals surface area contributed by atoms with Crippen LogP contribution in [0.5, 0.6) is 0 Å². The number of hydrogen-bond acceptors (Lipinski definition) is 3. The summed E-state index contributed by atoms with van der Waals surface area (Å²) in [6.07, 6.45) is 3.45. The molecule has 7 nitrogen and oxygen atoms in total. The summed E-state index contributed by atoms with van der Waals surface area (Å²) in [5.74, 6) is -0.897. The van der Waals surface area contributed by atoms with Gasteiger partial charge in [-0.1, -0.05) is 0 Å². The van der Waals surface area contributed by atoms with Crippen molar-refractivity contribution in [3.8, 4) is 0 Å². The Labute approximate surface area is 112 Å². The lowest BCUT2D eigenvalue weighted by molar-refractivity contribution is -0.136. The third-order valence-electron chi connectivity index (χ3n) is 2.96. The summed E-state index contributed by atoms with van der Waals surface area (Å²) < 4.78 is 0. The minimum Gasteiger partial charge on any atom is -0.481 e. The summed E-state index contributed by atoms with van der Waals surface area (Å²) in [6, 6.07) is -0.437. The number of nitrogens with one attached hydrogen (secondary N) is 2. The number of carboxylic acid groups (broad SMARTS) is 1. The SMILES string of the molecule is O=C(O)CCNC(=O)NCCC(=O)N1CCCCC1. The lowest BCUT2D eigenvalue weighted by Crippen LogP contribution is -2.40. The van der Waals surface area contributed by atoms with E-state index in [0.717, 1.165) is 25.9 Å². The molecule has 0 radical (unpaired) electrons. The molecule has 0 aromatic rings. The normalized spacial score (nSPS) is 14.8. The van der Waals surface area contributed by atoms with Crippen LogP contribution in [0.4, 0.5) is 4.79 Å². The van der Waals surface area contributed by atoms with Crippen molar-refractivity contribution in [2.24, 2.45) is 0 Å². The second kappa shape index (κ2) is 8.34. The number of likely N-dealkylation sites (tertiary alicyclic amines) is 1. The second-order valence-corrected chi connectivity index (χ2v) is 4.52. The Morgan fingerprint density at radius 3 is 2.11 bits per heavy atom. The number of aliphatic carboxylic acids is 1. The largest absolute Gasteiger partial charge is 0.481 e. The smallest absolute Gasteiger partial charge is 0.314 e. The van der Waals surface area contributed by atoms with E-state index < -0.39 is 12.0 Å². The van der Waals surface area contributed by atoms with Crippen molar-refractivity contribution in [3.63, 3.8) is 0 Å². The van der Waals surface area contributed by atoms with Crippen LogP contribution in [-0.2, 0) is 9.59 Å². The fraction of sp³-hybridized carbons (Fsp3) is 0.750. The van der Waals surface area contributed by atoms with Gasteiger partial charge in [0.05, 0.1) is 6.42 Å². The molecule has 0 saturated carbocycles. The molecule has 3 amide bonds. The summed E-state index contributed by atoms with van der Waals surface area (Å²) >= 11 is 0. The molecule has 108 valence electrons. The van der Waals surface area contributed by atoms with Gasteiger partial charge in [-0.15, -0.1) is 0 Å². The van der Waals surface area contributed by atoms with Gasteiger partial charge in [0.15, 0.2) is 0 Å². The van der Waals surface area contributed by atoms with Gasteiger partial charge < -0.3 is 20.6 Å². The monoisotopic (exact) mass is 271 g/mol. The number of carboxylic acids is 1. The highest BCUT2D eigenvalue weighted by Crippen LogP contribution is 2.09. The zero-order valence-electron chi connectivity index (χ0n) is 11.0. The van der Waals surface area contributed by atoms with E-state index in [2.05, 4.69) is 10.6 Å². The lowest BCUT2D eigenvalue weighted by atomic mass is 10.1. The third-order valence-corrected chi connectivity index (χ3v) is 2.96. The van der Waals surface area contributed by atoms with Crippen molar-refractivity contribution >= 4 is 17.9 Å². The van der Waals surface area contributed by atoms with Gasteiger partial charge in [0.1, 0.15) is 0 Å². The Kier molecular flexibility index (Phi) is 6.70. The summed E-state index contributed by atoms with van der Waals surface area (Å²) in [7, 11) is 0. The van der Waals surface area contributed by atoms with Gasteiger partial charge in [-0.25, -0.2) is 4.79 Å². The van der Waals surface area contributed by atoms with Gasteiger partial charge in [0.25, 0.3) is 0 Å². The van der Waals surface area contributed by atoms with Crippen molar-refractivity contribution in [1.29, 1.82) is 0 Å². The maximum absolute atomic E-state index is 11.8. The fourth-order valence-electron chi connectivity index (χ4n) is 1.93. The Bertz CT molecular complexity index is 327. The molecule has 1 aliphatic rings. The van der Waals surface area contributed by atoms with E-state index in [1.807, 2.05) is 4.90 Å². The molecule has 1 saturated heterocycles. The fourth-order valence-corrected chi connectivity index (χ4v) is 1.93. The molecule has 0 unspecified atom stereocenters. The van der Waals surface area contributed by atoms with Gasteiger partial charge in [-0.05, 0) is 19.3 Å². The van der Waals surface area contributed by atoms with Gasteiger partial charge >= 0.3 is 12.0 Å². The Morgan fingerprint density at radius 2 is 1.53 bits per heavy atom. The molecular weight excluding hydrogens is 250 g/mol. The number of nitrogens with zero attached hydrogens (tertiary/aromatic N) is 1. The highest BCUT2D eigenvalue weighted by atomic mass is 16.4. The van der Waals surface area contributed by atoms with Crippen molar-refractivity contribution in [3.05, 3.63) is 0 Å². The van der Waals surface area contributed by atoms with Gasteiger partial charge in [-0.3, -0.25) is 9.59 Å². The highest BCUT2D eigenvalue weighted by Gasteiger charge is 2.15. The summed E-state index contributed by atoms with van der Waals surface area (Å²) in [4.78, 5) is 35.1. The summed E-state index contributed by atoms with van der Waals surface area (Å²) in [5, 5.41) is 13.3. The summed E-state index contributed by atoms with van der Waals surface area (Å²) in [5.41, 5.74) is 0. The van der Waals surface area contributed by atoms with E-state index in [1.54, 1.807) is 0 Å². The van der Waals surface area contributed by atoms with E-state index in [4.69, 9.17) is 5.11 Å². The first kappa shape index (κ1) is 15.3. The minimum atomic E-state index is -0.958. The molecule has 0 aliphatic carbocycles. The number of urea groups is 1. The molecule has 1 fully saturated rings. The Morgan fingerprint density at radius 1 is 0.947 bits per heavy atom. The number of rotatable bonds is 6. The first-order valence-corrected chi connectivity index (χ1v) is 6.61. The zero-order valence-corrected chi connectivity index (χ0v) is 11.0. The first-order chi connectivity index (χ1) is 9.09. The van der Waals surface area contributed by atoms with Crippen LogP contribution >= 0.6 is 0 Å². The van der Waals surface area contributed by atoms with Crippen LogP contribution in [0.15, 0.2) is 0 Å². The first-order valence-electron chi connectivity index (χ1n) is 6.61. The second-order valence-electron chi connectivity index (χ2n) is 4.52. The van der Waals surface area contributed by atoms with Gasteiger partial charge in [0.2, 0.25) is 5.91 Å². The molecule has 0 aromatic carbocycles. The molecule has 0 atom stereocenters. The average Bonchev–Trinajstić information content (AvgIpc) is 2.39. The number of amides is 3. The van der Waals surface area contributed by atoms with E-state index in [1.165, 1.54) is 6.42 Å². The molecule has 0 aromatic heterocycles. The summed E-state index contributed by atoms with van der Waals surface area (Å²) in [6.45, 7) is 1.97. The predicted octanol–water partition coefficient (Wildman–Crippen LogP) is 0.163. The topological polar surface area (TPSA) is 98.7 Å². The standard InChI is InChI=1S/C12H21N3O4/c16-10(15-8-2-1-3-9-15)4-6-13-12(19)14-7-5-11(17)18/h1-9H2,(H,17,18)(H2,13,14,19). The van der Waals surface area contributed by atoms with Crippen LogP contribution < -0.4 is 10.6 Å². The molecule has 1 aliphatic heterocycles. The molecule has 0 bridgehead atoms. The maximum atomic E-state index is 11.8. The van der Waals surface area contributed by atoms with Gasteiger partial charge in [-0.2, -0.15) is 0 Å². The van der Waals surface area contributed by atoms with Crippen LogP contribution in [0.2, 0.25) is 0 Å². The average molecular weight is 271 g/mol. The number of hydrogen-bond donors (Lipinski definition) is 3. The molecule has 19 heavy (non-hydrogen) atoms. The van der Waals surface area contributed by atoms with Crippen LogP contribution in [0.25, 0.3) is 0 Å². The van der Waals surface area contributed by atoms with Crippen molar-refractivity contribution < 1.29 is 19.5 Å². The van der Waals surface area contributed by atoms with E-state index in [0.29, 0.717) is 0 Å². The molecule has 3 N–H and O–H groups in total. The molecule has 1 rings (SSSR count). The zero-order chi connectivity index (χ0) is 14.1. The lowest BCUT2D eigenvalue weighted by Gasteiger charge is -2.26. The van der Waals surface area contributed by atoms with Crippen molar-refractivity contribution in [2.45, 2.75) is 32.1 Å². The molecular formula is C12H21N3O4. The Balaban J connectivity index is 2.06. The quantitative estimate of drug-likeness (QED) is 0.641. The Hall–Kier alpha value is -1.79.